The summed E-state index contributed by atoms with van der Waals surface area (Å²) in [5, 5.41) is 2.85. The zero-order valence-corrected chi connectivity index (χ0v) is 19.9. The van der Waals surface area contributed by atoms with E-state index in [0.717, 1.165) is 16.7 Å². The van der Waals surface area contributed by atoms with Gasteiger partial charge < -0.3 is 25.3 Å². The van der Waals surface area contributed by atoms with E-state index in [0.29, 0.717) is 34.9 Å². The first-order valence-corrected chi connectivity index (χ1v) is 11.8. The largest absolute Gasteiger partial charge is 0.486 e. The van der Waals surface area contributed by atoms with Gasteiger partial charge in [-0.05, 0) is 65.2 Å². The summed E-state index contributed by atoms with van der Waals surface area (Å²) >= 11 is 0. The number of esters is 1. The number of carbonyl (C=O) groups excluding carboxylic acids is 2. The first-order valence-electron chi connectivity index (χ1n) is 11.8. The predicted molar refractivity (Wildman–Crippen MR) is 139 cm³/mol. The lowest BCUT2D eigenvalue weighted by Gasteiger charge is -2.26. The number of nitrogens with one attached hydrogen (secondary N) is 1. The van der Waals surface area contributed by atoms with E-state index in [9.17, 15) is 9.59 Å². The third kappa shape index (κ3) is 5.60. The molecule has 0 radical (unpaired) electrons. The standard InChI is InChI=1S/C29H25N3O5/c30-16-22-9-8-20(28(33)32-23-10-12-31-13-11-23)15-25(22)19-4-3-5-21(14-19)29(34)36-18-24-17-35-26-6-1-2-7-27(26)37-24/h1-15,24H,16-18,30H2,(H,31,32,33). The summed E-state index contributed by atoms with van der Waals surface area (Å²) in [6, 6.07) is 23.2. The highest BCUT2D eigenvalue weighted by Crippen LogP contribution is 2.31. The van der Waals surface area contributed by atoms with Gasteiger partial charge >= 0.3 is 5.97 Å². The molecular weight excluding hydrogens is 470 g/mol. The second-order valence-corrected chi connectivity index (χ2v) is 8.44. The van der Waals surface area contributed by atoms with E-state index in [1.54, 1.807) is 54.9 Å². The molecule has 0 saturated heterocycles. The van der Waals surface area contributed by atoms with E-state index in [4.69, 9.17) is 19.9 Å². The Kier molecular flexibility index (Phi) is 7.09. The highest BCUT2D eigenvalue weighted by atomic mass is 16.6. The van der Waals surface area contributed by atoms with Gasteiger partial charge in [-0.3, -0.25) is 9.78 Å². The van der Waals surface area contributed by atoms with Crippen molar-refractivity contribution in [3.63, 3.8) is 0 Å². The molecule has 186 valence electrons. The second-order valence-electron chi connectivity index (χ2n) is 8.44. The van der Waals surface area contributed by atoms with Gasteiger partial charge in [-0.15, -0.1) is 0 Å². The Morgan fingerprint density at radius 3 is 2.57 bits per heavy atom. The minimum Gasteiger partial charge on any atom is -0.486 e. The number of hydrogen-bond donors (Lipinski definition) is 2. The number of pyridine rings is 1. The van der Waals surface area contributed by atoms with Crippen molar-refractivity contribution >= 4 is 17.6 Å². The number of nitrogens with two attached hydrogens (primary N) is 1. The van der Waals surface area contributed by atoms with E-state index in [2.05, 4.69) is 10.3 Å². The van der Waals surface area contributed by atoms with Crippen molar-refractivity contribution in [1.82, 2.24) is 4.98 Å². The lowest BCUT2D eigenvalue weighted by molar-refractivity contribution is 0.0110. The summed E-state index contributed by atoms with van der Waals surface area (Å²) < 4.78 is 17.1. The quantitative estimate of drug-likeness (QED) is 0.364. The summed E-state index contributed by atoms with van der Waals surface area (Å²) in [7, 11) is 0. The van der Waals surface area contributed by atoms with Gasteiger partial charge in [0, 0.05) is 30.2 Å². The molecule has 1 unspecified atom stereocenters. The van der Waals surface area contributed by atoms with E-state index in [-0.39, 0.29) is 19.1 Å². The molecule has 0 bridgehead atoms. The van der Waals surface area contributed by atoms with Crippen LogP contribution in [0.3, 0.4) is 0 Å². The molecule has 0 fully saturated rings. The molecule has 3 N–H and O–H groups in total. The molecule has 1 amide bonds. The predicted octanol–water partition coefficient (Wildman–Crippen LogP) is 4.46. The Labute approximate surface area is 214 Å². The van der Waals surface area contributed by atoms with Crippen LogP contribution in [0.25, 0.3) is 11.1 Å². The smallest absolute Gasteiger partial charge is 0.338 e. The van der Waals surface area contributed by atoms with Gasteiger partial charge in [0.25, 0.3) is 5.91 Å². The molecule has 1 aliphatic rings. The zero-order valence-electron chi connectivity index (χ0n) is 19.9. The van der Waals surface area contributed by atoms with Crippen LogP contribution < -0.4 is 20.5 Å². The van der Waals surface area contributed by atoms with E-state index in [1.165, 1.54) is 0 Å². The van der Waals surface area contributed by atoms with Gasteiger partial charge in [0.05, 0.1) is 5.56 Å². The van der Waals surface area contributed by atoms with Crippen molar-refractivity contribution < 1.29 is 23.8 Å². The van der Waals surface area contributed by atoms with Gasteiger partial charge in [0.2, 0.25) is 0 Å². The fourth-order valence-corrected chi connectivity index (χ4v) is 4.01. The third-order valence-electron chi connectivity index (χ3n) is 5.91. The van der Waals surface area contributed by atoms with Crippen LogP contribution in [0.4, 0.5) is 5.69 Å². The first-order chi connectivity index (χ1) is 18.1. The van der Waals surface area contributed by atoms with E-state index < -0.39 is 12.1 Å². The van der Waals surface area contributed by atoms with Crippen molar-refractivity contribution in [2.75, 3.05) is 18.5 Å². The fourth-order valence-electron chi connectivity index (χ4n) is 4.01. The molecule has 8 heteroatoms. The topological polar surface area (TPSA) is 113 Å². The zero-order chi connectivity index (χ0) is 25.6. The summed E-state index contributed by atoms with van der Waals surface area (Å²) in [4.78, 5) is 29.6. The number of anilines is 1. The van der Waals surface area contributed by atoms with E-state index in [1.807, 2.05) is 36.4 Å². The van der Waals surface area contributed by atoms with Crippen LogP contribution in [0.2, 0.25) is 0 Å². The highest BCUT2D eigenvalue weighted by Gasteiger charge is 2.22. The van der Waals surface area contributed by atoms with Crippen molar-refractivity contribution in [1.29, 1.82) is 0 Å². The van der Waals surface area contributed by atoms with Crippen molar-refractivity contribution in [3.8, 4) is 22.6 Å². The molecule has 0 aliphatic carbocycles. The van der Waals surface area contributed by atoms with Gasteiger partial charge in [-0.2, -0.15) is 0 Å². The van der Waals surface area contributed by atoms with Crippen LogP contribution in [-0.4, -0.2) is 36.2 Å². The molecule has 0 spiro atoms. The minimum absolute atomic E-state index is 0.0517. The SMILES string of the molecule is NCc1ccc(C(=O)Nc2ccncc2)cc1-c1cccc(C(=O)OCC2COc3ccccc3O2)c1. The van der Waals surface area contributed by atoms with Crippen LogP contribution >= 0.6 is 0 Å². The molecule has 4 aromatic rings. The molecule has 1 atom stereocenters. The van der Waals surface area contributed by atoms with Gasteiger partial charge in [-0.1, -0.05) is 30.3 Å². The van der Waals surface area contributed by atoms with Crippen LogP contribution in [-0.2, 0) is 11.3 Å². The lowest BCUT2D eigenvalue weighted by atomic mass is 9.95. The molecule has 5 rings (SSSR count). The minimum atomic E-state index is -0.481. The normalized spacial score (nSPS) is 14.0. The number of rotatable bonds is 7. The van der Waals surface area contributed by atoms with Gasteiger partial charge in [0.1, 0.15) is 13.2 Å². The number of fused-ring (bicyclic) bond motifs is 1. The lowest BCUT2D eigenvalue weighted by Crippen LogP contribution is -2.34. The van der Waals surface area contributed by atoms with Crippen LogP contribution in [0.5, 0.6) is 11.5 Å². The number of carbonyl (C=O) groups is 2. The maximum Gasteiger partial charge on any atom is 0.338 e. The van der Waals surface area contributed by atoms with E-state index >= 15 is 0 Å². The van der Waals surface area contributed by atoms with Crippen LogP contribution in [0.15, 0.2) is 91.3 Å². The third-order valence-corrected chi connectivity index (χ3v) is 5.91. The fraction of sp³-hybridized carbons (Fsp3) is 0.138. The maximum absolute atomic E-state index is 12.8. The molecule has 1 aromatic heterocycles. The number of benzene rings is 3. The molecule has 8 nitrogen and oxygen atoms in total. The number of amides is 1. The van der Waals surface area contributed by atoms with Gasteiger partial charge in [0.15, 0.2) is 17.6 Å². The Bertz CT molecular complexity index is 1420. The van der Waals surface area contributed by atoms with Crippen molar-refractivity contribution in [3.05, 3.63) is 108 Å². The molecular formula is C29H25N3O5. The number of nitrogens with zero attached hydrogens (tertiary/aromatic N) is 1. The summed E-state index contributed by atoms with van der Waals surface area (Å²) in [6.07, 6.45) is 2.81. The Morgan fingerprint density at radius 2 is 1.76 bits per heavy atom. The Morgan fingerprint density at radius 1 is 0.946 bits per heavy atom. The first kappa shape index (κ1) is 24.0. The number of hydrogen-bond acceptors (Lipinski definition) is 7. The number of aromatic nitrogens is 1. The summed E-state index contributed by atoms with van der Waals surface area (Å²) in [6.45, 7) is 0.616. The Balaban J connectivity index is 1.30. The highest BCUT2D eigenvalue weighted by molar-refractivity contribution is 6.05. The second kappa shape index (κ2) is 10.9. The molecule has 3 aromatic carbocycles. The van der Waals surface area contributed by atoms with Crippen molar-refractivity contribution in [2.24, 2.45) is 5.73 Å². The Hall–Kier alpha value is -4.69. The molecule has 0 saturated carbocycles. The molecule has 1 aliphatic heterocycles. The summed E-state index contributed by atoms with van der Waals surface area (Å²) in [5.74, 6) is 0.553. The van der Waals surface area contributed by atoms with Crippen molar-refractivity contribution in [2.45, 2.75) is 12.6 Å². The molecule has 37 heavy (non-hydrogen) atoms. The van der Waals surface area contributed by atoms with Crippen LogP contribution in [0.1, 0.15) is 26.3 Å². The number of ether oxygens (including phenoxy) is 3. The number of para-hydroxylation sites is 2. The van der Waals surface area contributed by atoms with Gasteiger partial charge in [-0.25, -0.2) is 4.79 Å². The average molecular weight is 496 g/mol. The monoisotopic (exact) mass is 495 g/mol. The maximum atomic E-state index is 12.8. The molecule has 2 heterocycles. The average Bonchev–Trinajstić information content (AvgIpc) is 2.96. The van der Waals surface area contributed by atoms with Crippen LogP contribution in [0, 0.1) is 0 Å². The summed E-state index contributed by atoms with van der Waals surface area (Å²) in [5.41, 5.74) is 9.82.